The SMILES string of the molecule is CCNCc1nnc(N2CC(C)OC(C)C2)o1. The monoisotopic (exact) mass is 240 g/mol. The minimum absolute atomic E-state index is 0.197. The summed E-state index contributed by atoms with van der Waals surface area (Å²) in [6.07, 6.45) is 0.394. The second-order valence-electron chi connectivity index (χ2n) is 4.42. The molecule has 0 spiro atoms. The van der Waals surface area contributed by atoms with Crippen molar-refractivity contribution in [1.82, 2.24) is 15.5 Å². The molecule has 2 heterocycles. The molecule has 2 atom stereocenters. The molecule has 0 amide bonds. The highest BCUT2D eigenvalue weighted by Gasteiger charge is 2.25. The maximum absolute atomic E-state index is 5.67. The summed E-state index contributed by atoms with van der Waals surface area (Å²) in [4.78, 5) is 2.08. The van der Waals surface area contributed by atoms with E-state index in [-0.39, 0.29) is 12.2 Å². The lowest BCUT2D eigenvalue weighted by Crippen LogP contribution is -2.45. The van der Waals surface area contributed by atoms with E-state index in [4.69, 9.17) is 9.15 Å². The maximum atomic E-state index is 5.67. The van der Waals surface area contributed by atoms with Gasteiger partial charge in [-0.1, -0.05) is 12.0 Å². The molecule has 1 aromatic heterocycles. The molecule has 0 bridgehead atoms. The fraction of sp³-hybridized carbons (Fsp3) is 0.818. The van der Waals surface area contributed by atoms with Gasteiger partial charge in [0.2, 0.25) is 5.89 Å². The second kappa shape index (κ2) is 5.46. The Balaban J connectivity index is 1.98. The Bertz CT molecular complexity index is 345. The van der Waals surface area contributed by atoms with E-state index in [1.165, 1.54) is 0 Å². The van der Waals surface area contributed by atoms with Crippen molar-refractivity contribution in [1.29, 1.82) is 0 Å². The molecule has 1 aliphatic heterocycles. The number of morpholine rings is 1. The number of ether oxygens (including phenoxy) is 1. The van der Waals surface area contributed by atoms with Gasteiger partial charge >= 0.3 is 6.01 Å². The van der Waals surface area contributed by atoms with Crippen LogP contribution in [0, 0.1) is 0 Å². The predicted molar refractivity (Wildman–Crippen MR) is 63.9 cm³/mol. The van der Waals surface area contributed by atoms with Crippen LogP contribution in [0.3, 0.4) is 0 Å². The molecule has 1 fully saturated rings. The van der Waals surface area contributed by atoms with E-state index >= 15 is 0 Å². The normalized spacial score (nSPS) is 25.2. The lowest BCUT2D eigenvalue weighted by Gasteiger charge is -2.33. The van der Waals surface area contributed by atoms with Crippen molar-refractivity contribution >= 4 is 6.01 Å². The molecule has 1 aliphatic rings. The zero-order valence-electron chi connectivity index (χ0n) is 10.6. The Hall–Kier alpha value is -1.14. The van der Waals surface area contributed by atoms with Crippen molar-refractivity contribution in [3.05, 3.63) is 5.89 Å². The van der Waals surface area contributed by atoms with Gasteiger partial charge in [-0.25, -0.2) is 0 Å². The molecule has 0 aliphatic carbocycles. The summed E-state index contributed by atoms with van der Waals surface area (Å²) < 4.78 is 11.3. The van der Waals surface area contributed by atoms with Crippen molar-refractivity contribution in [2.45, 2.75) is 39.5 Å². The minimum atomic E-state index is 0.197. The van der Waals surface area contributed by atoms with E-state index in [1.807, 2.05) is 6.92 Å². The van der Waals surface area contributed by atoms with Gasteiger partial charge in [0.05, 0.1) is 18.8 Å². The Kier molecular flexibility index (Phi) is 3.96. The van der Waals surface area contributed by atoms with Crippen LogP contribution >= 0.6 is 0 Å². The van der Waals surface area contributed by atoms with Crippen LogP contribution in [0.4, 0.5) is 6.01 Å². The van der Waals surface area contributed by atoms with Gasteiger partial charge in [-0.3, -0.25) is 0 Å². The van der Waals surface area contributed by atoms with Gasteiger partial charge in [0.25, 0.3) is 0 Å². The fourth-order valence-corrected chi connectivity index (χ4v) is 2.01. The lowest BCUT2D eigenvalue weighted by atomic mass is 10.2. The molecule has 6 heteroatoms. The van der Waals surface area contributed by atoms with Gasteiger partial charge in [-0.2, -0.15) is 0 Å². The van der Waals surface area contributed by atoms with Crippen LogP contribution in [0.25, 0.3) is 0 Å². The number of aromatic nitrogens is 2. The fourth-order valence-electron chi connectivity index (χ4n) is 2.01. The van der Waals surface area contributed by atoms with E-state index < -0.39 is 0 Å². The van der Waals surface area contributed by atoms with Crippen molar-refractivity contribution in [2.24, 2.45) is 0 Å². The predicted octanol–water partition coefficient (Wildman–Crippen LogP) is 0.793. The Labute approximate surface area is 101 Å². The highest BCUT2D eigenvalue weighted by atomic mass is 16.5. The van der Waals surface area contributed by atoms with Gasteiger partial charge in [-0.15, -0.1) is 5.10 Å². The molecule has 2 rings (SSSR count). The number of anilines is 1. The summed E-state index contributed by atoms with van der Waals surface area (Å²) in [5.74, 6) is 0.633. The van der Waals surface area contributed by atoms with Crippen LogP contribution in [0.2, 0.25) is 0 Å². The van der Waals surface area contributed by atoms with Crippen LogP contribution in [0.15, 0.2) is 4.42 Å². The first-order valence-corrected chi connectivity index (χ1v) is 6.12. The average molecular weight is 240 g/mol. The average Bonchev–Trinajstić information content (AvgIpc) is 2.73. The lowest BCUT2D eigenvalue weighted by molar-refractivity contribution is -0.00676. The van der Waals surface area contributed by atoms with Gasteiger partial charge in [0, 0.05) is 13.1 Å². The third kappa shape index (κ3) is 3.17. The first kappa shape index (κ1) is 12.3. The Morgan fingerprint density at radius 1 is 1.29 bits per heavy atom. The second-order valence-corrected chi connectivity index (χ2v) is 4.42. The number of nitrogens with one attached hydrogen (secondary N) is 1. The molecule has 0 saturated carbocycles. The third-order valence-corrected chi connectivity index (χ3v) is 2.67. The highest BCUT2D eigenvalue weighted by molar-refractivity contribution is 5.25. The number of nitrogens with zero attached hydrogens (tertiary/aromatic N) is 3. The first-order chi connectivity index (χ1) is 8.19. The van der Waals surface area contributed by atoms with Gasteiger partial charge < -0.3 is 19.4 Å². The zero-order chi connectivity index (χ0) is 12.3. The molecular formula is C11H20N4O2. The van der Waals surface area contributed by atoms with Gasteiger partial charge in [-0.05, 0) is 20.4 Å². The van der Waals surface area contributed by atoms with Crippen LogP contribution in [-0.4, -0.2) is 42.0 Å². The van der Waals surface area contributed by atoms with Crippen LogP contribution in [0.5, 0.6) is 0 Å². The molecule has 0 aromatic carbocycles. The summed E-state index contributed by atoms with van der Waals surface area (Å²) in [6, 6.07) is 0.597. The first-order valence-electron chi connectivity index (χ1n) is 6.12. The van der Waals surface area contributed by atoms with Gasteiger partial charge in [0.1, 0.15) is 0 Å². The largest absolute Gasteiger partial charge is 0.407 e. The maximum Gasteiger partial charge on any atom is 0.318 e. The molecule has 96 valence electrons. The third-order valence-electron chi connectivity index (χ3n) is 2.67. The van der Waals surface area contributed by atoms with Gasteiger partial charge in [0.15, 0.2) is 0 Å². The smallest absolute Gasteiger partial charge is 0.318 e. The molecule has 6 nitrogen and oxygen atoms in total. The summed E-state index contributed by atoms with van der Waals surface area (Å²) in [5, 5.41) is 11.3. The summed E-state index contributed by atoms with van der Waals surface area (Å²) in [5.41, 5.74) is 0. The zero-order valence-corrected chi connectivity index (χ0v) is 10.6. The van der Waals surface area contributed by atoms with E-state index in [0.29, 0.717) is 18.5 Å². The standard InChI is InChI=1S/C11H20N4O2/c1-4-12-5-10-13-14-11(17-10)15-6-8(2)16-9(3)7-15/h8-9,12H,4-7H2,1-3H3. The quantitative estimate of drug-likeness (QED) is 0.839. The Morgan fingerprint density at radius 2 is 2.00 bits per heavy atom. The highest BCUT2D eigenvalue weighted by Crippen LogP contribution is 2.18. The summed E-state index contributed by atoms with van der Waals surface area (Å²) in [6.45, 7) is 9.27. The van der Waals surface area contributed by atoms with E-state index in [1.54, 1.807) is 0 Å². The van der Waals surface area contributed by atoms with Crippen molar-refractivity contribution in [3.63, 3.8) is 0 Å². The summed E-state index contributed by atoms with van der Waals surface area (Å²) in [7, 11) is 0. The molecular weight excluding hydrogens is 220 g/mol. The molecule has 0 radical (unpaired) electrons. The summed E-state index contributed by atoms with van der Waals surface area (Å²) >= 11 is 0. The van der Waals surface area contributed by atoms with E-state index in [9.17, 15) is 0 Å². The topological polar surface area (TPSA) is 63.4 Å². The van der Waals surface area contributed by atoms with Crippen LogP contribution in [0.1, 0.15) is 26.7 Å². The Morgan fingerprint density at radius 3 is 2.65 bits per heavy atom. The van der Waals surface area contributed by atoms with Crippen molar-refractivity contribution < 1.29 is 9.15 Å². The molecule has 1 aromatic rings. The number of rotatable bonds is 4. The minimum Gasteiger partial charge on any atom is -0.407 e. The van der Waals surface area contributed by atoms with Crippen LogP contribution in [-0.2, 0) is 11.3 Å². The van der Waals surface area contributed by atoms with E-state index in [2.05, 4.69) is 34.3 Å². The molecule has 17 heavy (non-hydrogen) atoms. The van der Waals surface area contributed by atoms with Crippen molar-refractivity contribution in [3.8, 4) is 0 Å². The number of hydrogen-bond acceptors (Lipinski definition) is 6. The molecule has 2 unspecified atom stereocenters. The molecule has 1 N–H and O–H groups in total. The molecule has 1 saturated heterocycles. The number of hydrogen-bond donors (Lipinski definition) is 1. The van der Waals surface area contributed by atoms with Crippen LogP contribution < -0.4 is 10.2 Å². The van der Waals surface area contributed by atoms with E-state index in [0.717, 1.165) is 19.6 Å². The van der Waals surface area contributed by atoms with Crippen molar-refractivity contribution in [2.75, 3.05) is 24.5 Å².